The Morgan fingerprint density at radius 1 is 1.17 bits per heavy atom. The number of anilines is 1. The molecule has 0 aliphatic carbocycles. The summed E-state index contributed by atoms with van der Waals surface area (Å²) in [5.74, 6) is -1.05. The molecule has 0 unspecified atom stereocenters. The summed E-state index contributed by atoms with van der Waals surface area (Å²) in [5, 5.41) is 3.19. The molecule has 1 N–H and O–H groups in total. The number of sulfonamides is 1. The Bertz CT molecular complexity index is 939. The molecule has 2 aromatic carbocycles. The molecule has 124 valence electrons. The molecule has 0 saturated carbocycles. The molecule has 2 aromatic rings. The fourth-order valence-corrected chi connectivity index (χ4v) is 4.20. The van der Waals surface area contributed by atoms with Gasteiger partial charge in [0.25, 0.3) is 21.8 Å². The van der Waals surface area contributed by atoms with Gasteiger partial charge in [0.05, 0.1) is 5.56 Å². The average molecular weight is 365 g/mol. The van der Waals surface area contributed by atoms with E-state index in [-0.39, 0.29) is 22.6 Å². The van der Waals surface area contributed by atoms with Crippen molar-refractivity contribution >= 4 is 39.1 Å². The Labute approximate surface area is 144 Å². The second-order valence-corrected chi connectivity index (χ2v) is 7.41. The van der Waals surface area contributed by atoms with E-state index in [1.54, 1.807) is 31.2 Å². The van der Waals surface area contributed by atoms with Crippen LogP contribution in [0.3, 0.4) is 0 Å². The molecule has 8 heteroatoms. The molecule has 0 fully saturated rings. The van der Waals surface area contributed by atoms with Crippen molar-refractivity contribution in [3.63, 3.8) is 0 Å². The van der Waals surface area contributed by atoms with Crippen molar-refractivity contribution < 1.29 is 18.0 Å². The minimum Gasteiger partial charge on any atom is -0.322 e. The lowest BCUT2D eigenvalue weighted by Crippen LogP contribution is -2.29. The van der Waals surface area contributed by atoms with Crippen LogP contribution in [0, 0.1) is 0 Å². The van der Waals surface area contributed by atoms with Crippen molar-refractivity contribution in [3.05, 3.63) is 58.6 Å². The topological polar surface area (TPSA) is 83.6 Å². The number of fused-ring (bicyclic) bond motifs is 1. The van der Waals surface area contributed by atoms with Crippen LogP contribution in [0.15, 0.2) is 47.4 Å². The number of hydrogen-bond acceptors (Lipinski definition) is 4. The number of nitrogens with one attached hydrogen (secondary N) is 1. The minimum absolute atomic E-state index is 0.0438. The summed E-state index contributed by atoms with van der Waals surface area (Å²) in [6.45, 7) is 1.62. The quantitative estimate of drug-likeness (QED) is 0.907. The fraction of sp³-hybridized carbons (Fsp3) is 0.125. The predicted molar refractivity (Wildman–Crippen MR) is 89.7 cm³/mol. The molecule has 0 aromatic heterocycles. The smallest absolute Gasteiger partial charge is 0.268 e. The third-order valence-electron chi connectivity index (χ3n) is 3.66. The summed E-state index contributed by atoms with van der Waals surface area (Å²) >= 11 is 5.79. The zero-order valence-corrected chi connectivity index (χ0v) is 14.2. The predicted octanol–water partition coefficient (Wildman–Crippen LogP) is 2.76. The molecule has 0 bridgehead atoms. The second kappa shape index (κ2) is 5.92. The fourth-order valence-electron chi connectivity index (χ4n) is 2.47. The maximum Gasteiger partial charge on any atom is 0.268 e. The Morgan fingerprint density at radius 2 is 1.83 bits per heavy atom. The van der Waals surface area contributed by atoms with Gasteiger partial charge >= 0.3 is 0 Å². The summed E-state index contributed by atoms with van der Waals surface area (Å²) in [5.41, 5.74) is 0.761. The van der Waals surface area contributed by atoms with E-state index >= 15 is 0 Å². The van der Waals surface area contributed by atoms with Crippen LogP contribution < -0.4 is 5.32 Å². The van der Waals surface area contributed by atoms with Crippen LogP contribution in [0.5, 0.6) is 0 Å². The van der Waals surface area contributed by atoms with Crippen molar-refractivity contribution in [2.45, 2.75) is 11.8 Å². The number of benzene rings is 2. The second-order valence-electron chi connectivity index (χ2n) is 5.15. The normalized spacial score (nSPS) is 15.2. The number of carbonyl (C=O) groups excluding carboxylic acids is 2. The van der Waals surface area contributed by atoms with Crippen LogP contribution in [-0.4, -0.2) is 31.1 Å². The van der Waals surface area contributed by atoms with Gasteiger partial charge < -0.3 is 5.32 Å². The van der Waals surface area contributed by atoms with Crippen LogP contribution in [0.4, 0.5) is 5.69 Å². The highest BCUT2D eigenvalue weighted by Crippen LogP contribution is 2.31. The molecule has 1 aliphatic rings. The maximum atomic E-state index is 12.4. The van der Waals surface area contributed by atoms with Gasteiger partial charge in [-0.25, -0.2) is 12.7 Å². The van der Waals surface area contributed by atoms with Gasteiger partial charge in [0.2, 0.25) is 0 Å². The number of hydrogen-bond donors (Lipinski definition) is 1. The van der Waals surface area contributed by atoms with Gasteiger partial charge in [0, 0.05) is 22.8 Å². The molecule has 3 rings (SSSR count). The lowest BCUT2D eigenvalue weighted by molar-refractivity contribution is 0.0875. The lowest BCUT2D eigenvalue weighted by atomic mass is 10.1. The molecular weight excluding hydrogens is 352 g/mol. The van der Waals surface area contributed by atoms with Gasteiger partial charge in [-0.05, 0) is 49.4 Å². The van der Waals surface area contributed by atoms with Crippen LogP contribution in [-0.2, 0) is 10.0 Å². The highest BCUT2D eigenvalue weighted by Gasteiger charge is 2.40. The first kappa shape index (κ1) is 16.5. The lowest BCUT2D eigenvalue weighted by Gasteiger charge is -2.11. The largest absolute Gasteiger partial charge is 0.322 e. The van der Waals surface area contributed by atoms with Crippen LogP contribution in [0.2, 0.25) is 5.02 Å². The van der Waals surface area contributed by atoms with E-state index in [1.807, 2.05) is 0 Å². The SMILES string of the molecule is CCN1C(=O)c2ccc(C(=O)Nc3ccc(Cl)cc3)cc2S1(=O)=O. The highest BCUT2D eigenvalue weighted by molar-refractivity contribution is 7.90. The number of nitrogens with zero attached hydrogens (tertiary/aromatic N) is 1. The van der Waals surface area contributed by atoms with E-state index in [0.717, 1.165) is 4.31 Å². The van der Waals surface area contributed by atoms with Gasteiger partial charge in [0.1, 0.15) is 4.90 Å². The van der Waals surface area contributed by atoms with Crippen LogP contribution in [0.25, 0.3) is 0 Å². The first-order chi connectivity index (χ1) is 11.3. The Morgan fingerprint density at radius 3 is 2.46 bits per heavy atom. The van der Waals surface area contributed by atoms with Gasteiger partial charge in [-0.15, -0.1) is 0 Å². The highest BCUT2D eigenvalue weighted by atomic mass is 35.5. The monoisotopic (exact) mass is 364 g/mol. The number of amides is 2. The van der Waals surface area contributed by atoms with E-state index in [9.17, 15) is 18.0 Å². The molecule has 24 heavy (non-hydrogen) atoms. The molecule has 1 heterocycles. The third-order valence-corrected chi connectivity index (χ3v) is 5.81. The summed E-state index contributed by atoms with van der Waals surface area (Å²) in [6, 6.07) is 10.5. The van der Waals surface area contributed by atoms with Crippen LogP contribution >= 0.6 is 11.6 Å². The average Bonchev–Trinajstić information content (AvgIpc) is 2.75. The van der Waals surface area contributed by atoms with Gasteiger partial charge in [-0.3, -0.25) is 9.59 Å². The van der Waals surface area contributed by atoms with E-state index in [2.05, 4.69) is 5.32 Å². The molecule has 2 amide bonds. The van der Waals surface area contributed by atoms with Gasteiger partial charge in [0.15, 0.2) is 0 Å². The van der Waals surface area contributed by atoms with E-state index in [0.29, 0.717) is 10.7 Å². The Hall–Kier alpha value is -2.38. The molecule has 0 radical (unpaired) electrons. The molecule has 6 nitrogen and oxygen atoms in total. The molecule has 0 saturated heterocycles. The van der Waals surface area contributed by atoms with E-state index in [1.165, 1.54) is 18.2 Å². The van der Waals surface area contributed by atoms with Gasteiger partial charge in [-0.1, -0.05) is 11.6 Å². The first-order valence-corrected chi connectivity index (χ1v) is 8.94. The summed E-state index contributed by atoms with van der Waals surface area (Å²) in [7, 11) is -3.89. The standard InChI is InChI=1S/C16H13ClN2O4S/c1-2-19-16(21)13-8-3-10(9-14(13)24(19,22)23)15(20)18-12-6-4-11(17)5-7-12/h3-9H,2H2,1H3,(H,18,20). The van der Waals surface area contributed by atoms with E-state index < -0.39 is 21.8 Å². The third kappa shape index (κ3) is 2.65. The van der Waals surface area contributed by atoms with E-state index in [4.69, 9.17) is 11.6 Å². The molecule has 0 spiro atoms. The first-order valence-electron chi connectivity index (χ1n) is 7.12. The molecule has 0 atom stereocenters. The number of carbonyl (C=O) groups is 2. The number of halogens is 1. The Kier molecular flexibility index (Phi) is 4.06. The number of rotatable bonds is 3. The van der Waals surface area contributed by atoms with Crippen LogP contribution in [0.1, 0.15) is 27.6 Å². The summed E-state index contributed by atoms with van der Waals surface area (Å²) in [4.78, 5) is 24.2. The summed E-state index contributed by atoms with van der Waals surface area (Å²) < 4.78 is 25.5. The summed E-state index contributed by atoms with van der Waals surface area (Å²) in [6.07, 6.45) is 0. The van der Waals surface area contributed by atoms with Crippen molar-refractivity contribution in [1.82, 2.24) is 4.31 Å². The minimum atomic E-state index is -3.89. The van der Waals surface area contributed by atoms with Gasteiger partial charge in [-0.2, -0.15) is 0 Å². The van der Waals surface area contributed by atoms with Crippen molar-refractivity contribution in [1.29, 1.82) is 0 Å². The molecule has 1 aliphatic heterocycles. The van der Waals surface area contributed by atoms with Crippen molar-refractivity contribution in [2.24, 2.45) is 0 Å². The molecular formula is C16H13ClN2O4S. The zero-order chi connectivity index (χ0) is 17.5. The zero-order valence-electron chi connectivity index (χ0n) is 12.6. The van der Waals surface area contributed by atoms with Crippen molar-refractivity contribution in [3.8, 4) is 0 Å². The van der Waals surface area contributed by atoms with Crippen molar-refractivity contribution in [2.75, 3.05) is 11.9 Å². The maximum absolute atomic E-state index is 12.4. The Balaban J connectivity index is 1.94.